The summed E-state index contributed by atoms with van der Waals surface area (Å²) < 4.78 is 1.03. The van der Waals surface area contributed by atoms with E-state index >= 15 is 0 Å². The van der Waals surface area contributed by atoms with Crippen molar-refractivity contribution in [2.75, 3.05) is 20.6 Å². The normalized spacial score (nSPS) is 10.8. The van der Waals surface area contributed by atoms with Crippen LogP contribution < -0.4 is 10.6 Å². The van der Waals surface area contributed by atoms with Crippen molar-refractivity contribution in [3.05, 3.63) is 50.4 Å². The molecule has 1 amide bonds. The summed E-state index contributed by atoms with van der Waals surface area (Å²) in [5.74, 6) is 0.578. The molecule has 0 saturated carbocycles. The summed E-state index contributed by atoms with van der Waals surface area (Å²) in [6, 6.07) is 8.00. The van der Waals surface area contributed by atoms with E-state index in [-0.39, 0.29) is 36.4 Å². The van der Waals surface area contributed by atoms with E-state index in [0.29, 0.717) is 19.0 Å². The number of guanidine groups is 1. The Hall–Kier alpha value is -1.20. The number of amides is 1. The molecular formula is C17H23BrIN5OS. The van der Waals surface area contributed by atoms with E-state index in [1.165, 1.54) is 4.88 Å². The number of nitrogens with zero attached hydrogens (tertiary/aromatic N) is 3. The van der Waals surface area contributed by atoms with E-state index in [2.05, 4.69) is 36.5 Å². The predicted molar refractivity (Wildman–Crippen MR) is 121 cm³/mol. The van der Waals surface area contributed by atoms with Crippen molar-refractivity contribution >= 4 is 63.1 Å². The Bertz CT molecular complexity index is 733. The van der Waals surface area contributed by atoms with Gasteiger partial charge in [0.2, 0.25) is 5.91 Å². The summed E-state index contributed by atoms with van der Waals surface area (Å²) in [5, 5.41) is 7.29. The predicted octanol–water partition coefficient (Wildman–Crippen LogP) is 3.16. The van der Waals surface area contributed by atoms with Crippen LogP contribution in [-0.4, -0.2) is 42.4 Å². The number of aromatic nitrogens is 1. The van der Waals surface area contributed by atoms with Gasteiger partial charge in [0.1, 0.15) is 5.01 Å². The van der Waals surface area contributed by atoms with Crippen LogP contribution in [0.2, 0.25) is 0 Å². The van der Waals surface area contributed by atoms with Crippen molar-refractivity contribution < 1.29 is 4.79 Å². The Kier molecular flexibility index (Phi) is 10.1. The number of carbonyl (C=O) groups excluding carboxylic acids is 1. The van der Waals surface area contributed by atoms with Crippen LogP contribution in [-0.2, 0) is 17.9 Å². The molecular weight excluding hydrogens is 529 g/mol. The maximum atomic E-state index is 11.8. The van der Waals surface area contributed by atoms with Crippen molar-refractivity contribution in [2.24, 2.45) is 4.99 Å². The van der Waals surface area contributed by atoms with Crippen molar-refractivity contribution in [3.8, 4) is 0 Å². The van der Waals surface area contributed by atoms with E-state index in [9.17, 15) is 4.79 Å². The van der Waals surface area contributed by atoms with Crippen molar-refractivity contribution in [1.82, 2.24) is 20.5 Å². The van der Waals surface area contributed by atoms with E-state index in [1.54, 1.807) is 30.3 Å². The summed E-state index contributed by atoms with van der Waals surface area (Å²) in [5.41, 5.74) is 1.09. The zero-order chi connectivity index (χ0) is 18.2. The van der Waals surface area contributed by atoms with Crippen molar-refractivity contribution in [3.63, 3.8) is 0 Å². The Morgan fingerprint density at radius 2 is 1.96 bits per heavy atom. The van der Waals surface area contributed by atoms with Crippen molar-refractivity contribution in [2.45, 2.75) is 20.0 Å². The van der Waals surface area contributed by atoms with Gasteiger partial charge in [-0.25, -0.2) is 9.98 Å². The average molecular weight is 552 g/mol. The standard InChI is InChI=1S/C17H22BrN5OS.HI/c1-12-8-19-15(25-12)10-21-17(22-11-16(24)23(2)3)20-9-13-4-6-14(18)7-5-13;/h4-8H,9-11H2,1-3H3,(H2,20,21,22);1H. The Balaban J connectivity index is 0.00000338. The molecule has 9 heteroatoms. The van der Waals surface area contributed by atoms with Crippen molar-refractivity contribution in [1.29, 1.82) is 0 Å². The van der Waals surface area contributed by atoms with Crippen LogP contribution in [0.25, 0.3) is 0 Å². The Morgan fingerprint density at radius 1 is 1.27 bits per heavy atom. The molecule has 1 heterocycles. The van der Waals surface area contributed by atoms with Gasteiger partial charge in [-0.3, -0.25) is 4.79 Å². The van der Waals surface area contributed by atoms with E-state index in [0.717, 1.165) is 15.0 Å². The third-order valence-corrected chi connectivity index (χ3v) is 4.76. The summed E-state index contributed by atoms with van der Waals surface area (Å²) in [7, 11) is 3.46. The van der Waals surface area contributed by atoms with Gasteiger partial charge >= 0.3 is 0 Å². The van der Waals surface area contributed by atoms with Crippen LogP contribution in [0.1, 0.15) is 15.4 Å². The van der Waals surface area contributed by atoms with Gasteiger partial charge in [0, 0.05) is 29.6 Å². The molecule has 0 saturated heterocycles. The molecule has 26 heavy (non-hydrogen) atoms. The van der Waals surface area contributed by atoms with Gasteiger partial charge in [-0.1, -0.05) is 28.1 Å². The number of halogens is 2. The molecule has 2 N–H and O–H groups in total. The highest BCUT2D eigenvalue weighted by atomic mass is 127. The van der Waals surface area contributed by atoms with Crippen LogP contribution in [0.15, 0.2) is 39.9 Å². The van der Waals surface area contributed by atoms with Gasteiger partial charge in [-0.05, 0) is 24.6 Å². The fourth-order valence-electron chi connectivity index (χ4n) is 1.89. The largest absolute Gasteiger partial charge is 0.350 e. The number of hydrogen-bond donors (Lipinski definition) is 2. The molecule has 0 aliphatic heterocycles. The molecule has 2 aromatic rings. The lowest BCUT2D eigenvalue weighted by molar-refractivity contribution is -0.127. The summed E-state index contributed by atoms with van der Waals surface area (Å²) in [6.45, 7) is 3.31. The number of likely N-dealkylation sites (N-methyl/N-ethyl adjacent to an activating group) is 1. The third kappa shape index (κ3) is 8.00. The lowest BCUT2D eigenvalue weighted by atomic mass is 10.2. The lowest BCUT2D eigenvalue weighted by Crippen LogP contribution is -2.42. The first-order chi connectivity index (χ1) is 11.9. The summed E-state index contributed by atoms with van der Waals surface area (Å²) >= 11 is 5.06. The second-order valence-corrected chi connectivity index (χ2v) is 7.89. The van der Waals surface area contributed by atoms with E-state index in [1.807, 2.05) is 37.4 Å². The van der Waals surface area contributed by atoms with Crippen LogP contribution in [0.3, 0.4) is 0 Å². The molecule has 6 nitrogen and oxygen atoms in total. The lowest BCUT2D eigenvalue weighted by Gasteiger charge is -2.14. The van der Waals surface area contributed by atoms with E-state index in [4.69, 9.17) is 0 Å². The van der Waals surface area contributed by atoms with Gasteiger partial charge in [-0.15, -0.1) is 35.3 Å². The number of benzene rings is 1. The molecule has 1 aromatic heterocycles. The third-order valence-electron chi connectivity index (χ3n) is 3.32. The van der Waals surface area contributed by atoms with Gasteiger partial charge < -0.3 is 15.5 Å². The highest BCUT2D eigenvalue weighted by Gasteiger charge is 2.07. The first-order valence-corrected chi connectivity index (χ1v) is 9.43. The minimum Gasteiger partial charge on any atom is -0.350 e. The molecule has 0 spiro atoms. The number of hydrogen-bond acceptors (Lipinski definition) is 4. The Labute approximate surface area is 183 Å². The maximum absolute atomic E-state index is 11.8. The van der Waals surface area contributed by atoms with Gasteiger partial charge in [-0.2, -0.15) is 0 Å². The van der Waals surface area contributed by atoms with Crippen LogP contribution in [0, 0.1) is 6.92 Å². The molecule has 0 fully saturated rings. The fraction of sp³-hybridized carbons (Fsp3) is 0.353. The van der Waals surface area contributed by atoms with Gasteiger partial charge in [0.25, 0.3) is 0 Å². The SMILES string of the molecule is Cc1cnc(CNC(=NCc2ccc(Br)cc2)NCC(=O)N(C)C)s1.I. The van der Waals surface area contributed by atoms with Crippen LogP contribution >= 0.6 is 51.2 Å². The molecule has 0 unspecified atom stereocenters. The number of nitrogens with one attached hydrogen (secondary N) is 2. The fourth-order valence-corrected chi connectivity index (χ4v) is 2.89. The number of carbonyl (C=O) groups is 1. The summed E-state index contributed by atoms with van der Waals surface area (Å²) in [4.78, 5) is 23.4. The molecule has 0 radical (unpaired) electrons. The molecule has 0 bridgehead atoms. The topological polar surface area (TPSA) is 69.6 Å². The van der Waals surface area contributed by atoms with E-state index < -0.39 is 0 Å². The first-order valence-electron chi connectivity index (χ1n) is 7.82. The van der Waals surface area contributed by atoms with Crippen LogP contribution in [0.5, 0.6) is 0 Å². The average Bonchev–Trinajstić information content (AvgIpc) is 3.00. The number of thiazole rings is 1. The first kappa shape index (κ1) is 22.8. The Morgan fingerprint density at radius 3 is 2.54 bits per heavy atom. The zero-order valence-corrected chi connectivity index (χ0v) is 19.7. The monoisotopic (exact) mass is 551 g/mol. The number of aryl methyl sites for hydroxylation is 1. The van der Waals surface area contributed by atoms with Crippen LogP contribution in [0.4, 0.5) is 0 Å². The number of aliphatic imine (C=N–C) groups is 1. The minimum atomic E-state index is -0.0109. The maximum Gasteiger partial charge on any atom is 0.241 e. The molecule has 0 aliphatic rings. The zero-order valence-electron chi connectivity index (χ0n) is 15.0. The molecule has 0 atom stereocenters. The number of rotatable bonds is 6. The second-order valence-electron chi connectivity index (χ2n) is 5.65. The second kappa shape index (κ2) is 11.5. The van der Waals surface area contributed by atoms with Gasteiger partial charge in [0.15, 0.2) is 5.96 Å². The minimum absolute atomic E-state index is 0. The smallest absolute Gasteiger partial charge is 0.241 e. The quantitative estimate of drug-likeness (QED) is 0.329. The molecule has 142 valence electrons. The molecule has 1 aromatic carbocycles. The molecule has 0 aliphatic carbocycles. The highest BCUT2D eigenvalue weighted by Crippen LogP contribution is 2.12. The molecule has 2 rings (SSSR count). The van der Waals surface area contributed by atoms with Gasteiger partial charge in [0.05, 0.1) is 19.6 Å². The highest BCUT2D eigenvalue weighted by molar-refractivity contribution is 14.0. The summed E-state index contributed by atoms with van der Waals surface area (Å²) in [6.07, 6.45) is 1.85.